The lowest BCUT2D eigenvalue weighted by Gasteiger charge is -2.17. The van der Waals surface area contributed by atoms with Crippen LogP contribution in [0.4, 0.5) is 0 Å². The number of methoxy groups -OCH3 is 1. The fourth-order valence-corrected chi connectivity index (χ4v) is 2.71. The van der Waals surface area contributed by atoms with Crippen LogP contribution < -0.4 is 10.5 Å². The lowest BCUT2D eigenvalue weighted by molar-refractivity contribution is 0.146. The Labute approximate surface area is 141 Å². The number of rotatable bonds is 6. The first kappa shape index (κ1) is 17.7. The molecule has 0 atom stereocenters. The quantitative estimate of drug-likeness (QED) is 0.815. The monoisotopic (exact) mass is 339 g/mol. The van der Waals surface area contributed by atoms with Gasteiger partial charge in [0.1, 0.15) is 12.4 Å². The Morgan fingerprint density at radius 3 is 2.52 bits per heavy atom. The lowest BCUT2D eigenvalue weighted by Crippen LogP contribution is -2.34. The molecular formula is C16H22ClN3O3. The largest absolute Gasteiger partial charge is 0.491 e. The molecule has 126 valence electrons. The average molecular weight is 340 g/mol. The van der Waals surface area contributed by atoms with Crippen molar-refractivity contribution in [3.05, 3.63) is 30.1 Å². The number of benzene rings is 1. The van der Waals surface area contributed by atoms with Gasteiger partial charge in [0.2, 0.25) is 0 Å². The van der Waals surface area contributed by atoms with Gasteiger partial charge in [0.25, 0.3) is 5.89 Å². The van der Waals surface area contributed by atoms with Crippen LogP contribution in [0.2, 0.25) is 0 Å². The summed E-state index contributed by atoms with van der Waals surface area (Å²) >= 11 is 0. The van der Waals surface area contributed by atoms with Gasteiger partial charge < -0.3 is 19.7 Å². The third-order valence-corrected chi connectivity index (χ3v) is 4.02. The third-order valence-electron chi connectivity index (χ3n) is 4.02. The summed E-state index contributed by atoms with van der Waals surface area (Å²) in [6.45, 7) is 1.09. The Hall–Kier alpha value is -1.63. The molecule has 0 saturated heterocycles. The Balaban J connectivity index is 0.00000192. The molecule has 0 aliphatic heterocycles. The number of ether oxygens (including phenoxy) is 2. The number of halogens is 1. The van der Waals surface area contributed by atoms with Crippen LogP contribution in [0.5, 0.6) is 5.75 Å². The second kappa shape index (κ2) is 7.77. The topological polar surface area (TPSA) is 83.4 Å². The van der Waals surface area contributed by atoms with Crippen LogP contribution in [-0.2, 0) is 10.3 Å². The molecule has 1 aliphatic carbocycles. The summed E-state index contributed by atoms with van der Waals surface area (Å²) < 4.78 is 15.8. The summed E-state index contributed by atoms with van der Waals surface area (Å²) in [6.07, 6.45) is 4.07. The van der Waals surface area contributed by atoms with E-state index in [1.54, 1.807) is 7.11 Å². The summed E-state index contributed by atoms with van der Waals surface area (Å²) in [4.78, 5) is 4.48. The highest BCUT2D eigenvalue weighted by molar-refractivity contribution is 5.85. The minimum absolute atomic E-state index is 0. The van der Waals surface area contributed by atoms with Crippen molar-refractivity contribution in [2.24, 2.45) is 5.73 Å². The van der Waals surface area contributed by atoms with Crippen molar-refractivity contribution >= 4 is 12.4 Å². The Bertz CT molecular complexity index is 609. The minimum Gasteiger partial charge on any atom is -0.491 e. The summed E-state index contributed by atoms with van der Waals surface area (Å²) in [6, 6.07) is 7.56. The molecule has 0 amide bonds. The highest BCUT2D eigenvalue weighted by Crippen LogP contribution is 2.35. The van der Waals surface area contributed by atoms with E-state index < -0.39 is 5.54 Å². The van der Waals surface area contributed by atoms with Gasteiger partial charge in [0.15, 0.2) is 5.82 Å². The van der Waals surface area contributed by atoms with E-state index in [1.165, 1.54) is 0 Å². The van der Waals surface area contributed by atoms with E-state index in [4.69, 9.17) is 19.7 Å². The first-order valence-corrected chi connectivity index (χ1v) is 7.56. The number of hydrogen-bond acceptors (Lipinski definition) is 6. The van der Waals surface area contributed by atoms with E-state index in [9.17, 15) is 0 Å². The molecule has 2 aromatic rings. The Morgan fingerprint density at radius 1 is 1.17 bits per heavy atom. The highest BCUT2D eigenvalue weighted by atomic mass is 35.5. The summed E-state index contributed by atoms with van der Waals surface area (Å²) in [5.41, 5.74) is 6.78. The smallest absolute Gasteiger partial charge is 0.257 e. The maximum Gasteiger partial charge on any atom is 0.257 e. The molecule has 6 nitrogen and oxygen atoms in total. The van der Waals surface area contributed by atoms with Gasteiger partial charge in [-0.25, -0.2) is 0 Å². The maximum absolute atomic E-state index is 6.35. The van der Waals surface area contributed by atoms with Crippen molar-refractivity contribution < 1.29 is 14.0 Å². The van der Waals surface area contributed by atoms with E-state index in [0.29, 0.717) is 24.9 Å². The van der Waals surface area contributed by atoms with Crippen LogP contribution in [0.1, 0.15) is 31.5 Å². The first-order valence-electron chi connectivity index (χ1n) is 7.56. The maximum atomic E-state index is 6.35. The molecule has 1 aromatic heterocycles. The van der Waals surface area contributed by atoms with E-state index in [1.807, 2.05) is 24.3 Å². The number of aromatic nitrogens is 2. The number of nitrogens with two attached hydrogens (primary N) is 1. The summed E-state index contributed by atoms with van der Waals surface area (Å²) in [5.74, 6) is 1.89. The zero-order valence-electron chi connectivity index (χ0n) is 13.2. The van der Waals surface area contributed by atoms with Gasteiger partial charge in [-0.2, -0.15) is 4.98 Å². The van der Waals surface area contributed by atoms with Crippen molar-refractivity contribution in [1.29, 1.82) is 0 Å². The molecule has 1 heterocycles. The molecule has 1 aromatic carbocycles. The van der Waals surface area contributed by atoms with Crippen LogP contribution in [0.25, 0.3) is 11.5 Å². The van der Waals surface area contributed by atoms with Gasteiger partial charge in [-0.3, -0.25) is 0 Å². The first-order chi connectivity index (χ1) is 10.7. The van der Waals surface area contributed by atoms with Crippen molar-refractivity contribution in [3.8, 4) is 17.2 Å². The molecule has 3 rings (SSSR count). The van der Waals surface area contributed by atoms with E-state index in [0.717, 1.165) is 37.0 Å². The lowest BCUT2D eigenvalue weighted by atomic mass is 9.99. The van der Waals surface area contributed by atoms with Gasteiger partial charge in [-0.15, -0.1) is 12.4 Å². The molecule has 0 radical (unpaired) electrons. The van der Waals surface area contributed by atoms with Crippen molar-refractivity contribution in [3.63, 3.8) is 0 Å². The molecule has 7 heteroatoms. The number of nitrogens with zero attached hydrogens (tertiary/aromatic N) is 2. The normalized spacial score (nSPS) is 16.1. The second-order valence-corrected chi connectivity index (χ2v) is 5.65. The van der Waals surface area contributed by atoms with Crippen LogP contribution >= 0.6 is 12.4 Å². The fraction of sp³-hybridized carbons (Fsp3) is 0.500. The SMILES string of the molecule is COCCOc1ccc(-c2nc(C3(N)CCCC3)no2)cc1.Cl. The molecule has 1 aliphatic rings. The standard InChI is InChI=1S/C16H21N3O3.ClH/c1-20-10-11-21-13-6-4-12(5-7-13)14-18-15(19-22-14)16(17)8-2-3-9-16;/h4-7H,2-3,8-11,17H2,1H3;1H. The van der Waals surface area contributed by atoms with Gasteiger partial charge in [0, 0.05) is 12.7 Å². The average Bonchev–Trinajstić information content (AvgIpc) is 3.18. The van der Waals surface area contributed by atoms with Crippen molar-refractivity contribution in [2.75, 3.05) is 20.3 Å². The zero-order chi connectivity index (χ0) is 15.4. The van der Waals surface area contributed by atoms with E-state index in [-0.39, 0.29) is 12.4 Å². The van der Waals surface area contributed by atoms with Gasteiger partial charge in [-0.1, -0.05) is 18.0 Å². The van der Waals surface area contributed by atoms with Crippen LogP contribution in [-0.4, -0.2) is 30.5 Å². The molecule has 2 N–H and O–H groups in total. The van der Waals surface area contributed by atoms with Gasteiger partial charge in [0.05, 0.1) is 12.1 Å². The predicted molar refractivity (Wildman–Crippen MR) is 88.7 cm³/mol. The predicted octanol–water partition coefficient (Wildman–Crippen LogP) is 2.91. The highest BCUT2D eigenvalue weighted by Gasteiger charge is 2.36. The van der Waals surface area contributed by atoms with Gasteiger partial charge >= 0.3 is 0 Å². The number of hydrogen-bond donors (Lipinski definition) is 1. The zero-order valence-corrected chi connectivity index (χ0v) is 14.0. The fourth-order valence-electron chi connectivity index (χ4n) is 2.71. The second-order valence-electron chi connectivity index (χ2n) is 5.65. The third kappa shape index (κ3) is 4.02. The summed E-state index contributed by atoms with van der Waals surface area (Å²) in [5, 5.41) is 4.07. The van der Waals surface area contributed by atoms with Crippen LogP contribution in [0.3, 0.4) is 0 Å². The molecule has 0 bridgehead atoms. The molecular weight excluding hydrogens is 318 g/mol. The van der Waals surface area contributed by atoms with Crippen LogP contribution in [0.15, 0.2) is 28.8 Å². The summed E-state index contributed by atoms with van der Waals surface area (Å²) in [7, 11) is 1.65. The molecule has 0 spiro atoms. The molecule has 1 fully saturated rings. The molecule has 1 saturated carbocycles. The van der Waals surface area contributed by atoms with E-state index in [2.05, 4.69) is 10.1 Å². The Morgan fingerprint density at radius 2 is 1.87 bits per heavy atom. The van der Waals surface area contributed by atoms with Gasteiger partial charge in [-0.05, 0) is 37.1 Å². The minimum atomic E-state index is -0.426. The van der Waals surface area contributed by atoms with Crippen molar-refractivity contribution in [1.82, 2.24) is 10.1 Å². The van der Waals surface area contributed by atoms with E-state index >= 15 is 0 Å². The van der Waals surface area contributed by atoms with Crippen molar-refractivity contribution in [2.45, 2.75) is 31.2 Å². The molecule has 23 heavy (non-hydrogen) atoms. The Kier molecular flexibility index (Phi) is 5.98. The molecule has 0 unspecified atom stereocenters. The van der Waals surface area contributed by atoms with Crippen LogP contribution in [0, 0.1) is 0 Å².